The monoisotopic (exact) mass is 351 g/mol. The Balaban J connectivity index is 1.29. The predicted octanol–water partition coefficient (Wildman–Crippen LogP) is 3.72. The summed E-state index contributed by atoms with van der Waals surface area (Å²) in [5, 5.41) is 0. The lowest BCUT2D eigenvalue weighted by Gasteiger charge is -2.32. The molecule has 3 heterocycles. The number of likely N-dealkylation sites (tertiary alicyclic amines) is 2. The summed E-state index contributed by atoms with van der Waals surface area (Å²) in [6, 6.07) is 15.2. The van der Waals surface area contributed by atoms with Crippen molar-refractivity contribution in [1.82, 2.24) is 14.8 Å². The number of piperidine rings is 1. The van der Waals surface area contributed by atoms with Gasteiger partial charge in [-0.3, -0.25) is 14.8 Å². The molecule has 4 rings (SSSR count). The molecule has 2 fully saturated rings. The van der Waals surface area contributed by atoms with Crippen molar-refractivity contribution in [2.24, 2.45) is 0 Å². The molecule has 0 radical (unpaired) electrons. The molecule has 0 N–H and O–H groups in total. The number of pyridine rings is 1. The molecule has 0 aliphatic carbocycles. The van der Waals surface area contributed by atoms with Crippen LogP contribution in [0.2, 0.25) is 0 Å². The minimum atomic E-state index is 0.519. The van der Waals surface area contributed by atoms with E-state index in [1.807, 2.05) is 24.3 Å². The highest BCUT2D eigenvalue weighted by Gasteiger charge is 2.28. The zero-order valence-corrected chi connectivity index (χ0v) is 15.5. The second kappa shape index (κ2) is 8.65. The fraction of sp³-hybridized carbons (Fsp3) is 0.500. The first-order valence-electron chi connectivity index (χ1n) is 9.95. The molecule has 138 valence electrons. The molecule has 1 atom stereocenters. The number of benzene rings is 1. The molecule has 0 bridgehead atoms. The first-order chi connectivity index (χ1) is 12.9. The topological polar surface area (TPSA) is 28.6 Å². The van der Waals surface area contributed by atoms with Gasteiger partial charge >= 0.3 is 0 Å². The third kappa shape index (κ3) is 4.63. The van der Waals surface area contributed by atoms with Gasteiger partial charge in [-0.2, -0.15) is 0 Å². The molecule has 0 saturated carbocycles. The standard InChI is InChI=1S/C22H29N3O/c1-4-12-25(13-5-1)21-10-14-24(17-21)16-19-7-6-9-22(15-19)26-18-20-8-2-3-11-23-20/h2-3,6-9,11,15,21H,1,4-5,10,12-14,16-18H2. The molecule has 26 heavy (non-hydrogen) atoms. The van der Waals surface area contributed by atoms with E-state index in [0.717, 1.165) is 24.0 Å². The molecule has 4 heteroatoms. The van der Waals surface area contributed by atoms with Gasteiger partial charge in [-0.1, -0.05) is 24.6 Å². The fourth-order valence-electron chi connectivity index (χ4n) is 4.17. The lowest BCUT2D eigenvalue weighted by Crippen LogP contribution is -2.40. The van der Waals surface area contributed by atoms with Crippen molar-refractivity contribution in [2.45, 2.75) is 44.9 Å². The van der Waals surface area contributed by atoms with Crippen LogP contribution in [0.25, 0.3) is 0 Å². The second-order valence-corrected chi connectivity index (χ2v) is 7.53. The van der Waals surface area contributed by atoms with Crippen LogP contribution in [0.1, 0.15) is 36.9 Å². The van der Waals surface area contributed by atoms with Gasteiger partial charge in [-0.25, -0.2) is 0 Å². The molecule has 0 spiro atoms. The lowest BCUT2D eigenvalue weighted by atomic mass is 10.1. The Labute approximate surface area is 156 Å². The number of ether oxygens (including phenoxy) is 1. The number of rotatable bonds is 6. The van der Waals surface area contributed by atoms with Crippen molar-refractivity contribution in [3.8, 4) is 5.75 Å². The van der Waals surface area contributed by atoms with Crippen LogP contribution in [-0.4, -0.2) is 47.0 Å². The van der Waals surface area contributed by atoms with Crippen LogP contribution in [0.4, 0.5) is 0 Å². The van der Waals surface area contributed by atoms with E-state index >= 15 is 0 Å². The van der Waals surface area contributed by atoms with Crippen molar-refractivity contribution in [3.05, 3.63) is 59.9 Å². The summed E-state index contributed by atoms with van der Waals surface area (Å²) < 4.78 is 5.92. The largest absolute Gasteiger partial charge is 0.487 e. The maximum atomic E-state index is 5.92. The van der Waals surface area contributed by atoms with E-state index in [0.29, 0.717) is 6.61 Å². The maximum Gasteiger partial charge on any atom is 0.130 e. The van der Waals surface area contributed by atoms with Crippen molar-refractivity contribution in [2.75, 3.05) is 26.2 Å². The molecule has 2 saturated heterocycles. The summed E-state index contributed by atoms with van der Waals surface area (Å²) in [5.74, 6) is 0.930. The van der Waals surface area contributed by atoms with Crippen LogP contribution in [0.3, 0.4) is 0 Å². The van der Waals surface area contributed by atoms with Gasteiger partial charge in [-0.15, -0.1) is 0 Å². The molecule has 2 aromatic rings. The average Bonchev–Trinajstić information content (AvgIpc) is 3.17. The van der Waals surface area contributed by atoms with Crippen LogP contribution in [-0.2, 0) is 13.2 Å². The van der Waals surface area contributed by atoms with Crippen molar-refractivity contribution in [3.63, 3.8) is 0 Å². The Morgan fingerprint density at radius 2 is 1.92 bits per heavy atom. The maximum absolute atomic E-state index is 5.92. The smallest absolute Gasteiger partial charge is 0.130 e. The third-order valence-corrected chi connectivity index (χ3v) is 5.57. The Bertz CT molecular complexity index is 685. The highest BCUT2D eigenvalue weighted by atomic mass is 16.5. The van der Waals surface area contributed by atoms with Crippen LogP contribution in [0, 0.1) is 0 Å². The number of aromatic nitrogens is 1. The van der Waals surface area contributed by atoms with E-state index in [-0.39, 0.29) is 0 Å². The normalized spacial score (nSPS) is 21.8. The SMILES string of the molecule is c1ccc(COc2cccc(CN3CCC(N4CCCCC4)C3)c2)nc1. The summed E-state index contributed by atoms with van der Waals surface area (Å²) in [5.41, 5.74) is 2.30. The zero-order chi connectivity index (χ0) is 17.6. The summed E-state index contributed by atoms with van der Waals surface area (Å²) in [7, 11) is 0. The summed E-state index contributed by atoms with van der Waals surface area (Å²) in [6.45, 7) is 6.56. The van der Waals surface area contributed by atoms with Gasteiger partial charge in [-0.05, 0) is 62.2 Å². The Morgan fingerprint density at radius 1 is 1.00 bits per heavy atom. The molecule has 2 aliphatic rings. The lowest BCUT2D eigenvalue weighted by molar-refractivity contribution is 0.161. The fourth-order valence-corrected chi connectivity index (χ4v) is 4.17. The minimum absolute atomic E-state index is 0.519. The summed E-state index contributed by atoms with van der Waals surface area (Å²) in [6.07, 6.45) is 7.30. The highest BCUT2D eigenvalue weighted by Crippen LogP contribution is 2.23. The second-order valence-electron chi connectivity index (χ2n) is 7.53. The van der Waals surface area contributed by atoms with Gasteiger partial charge in [0.25, 0.3) is 0 Å². The Hall–Kier alpha value is -1.91. The third-order valence-electron chi connectivity index (χ3n) is 5.57. The van der Waals surface area contributed by atoms with E-state index in [1.54, 1.807) is 6.20 Å². The number of hydrogen-bond acceptors (Lipinski definition) is 4. The molecule has 4 nitrogen and oxygen atoms in total. The van der Waals surface area contributed by atoms with Crippen molar-refractivity contribution >= 4 is 0 Å². The van der Waals surface area contributed by atoms with Gasteiger partial charge in [0.1, 0.15) is 12.4 Å². The Kier molecular flexibility index (Phi) is 5.82. The van der Waals surface area contributed by atoms with Gasteiger partial charge < -0.3 is 4.74 Å². The van der Waals surface area contributed by atoms with Crippen molar-refractivity contribution in [1.29, 1.82) is 0 Å². The van der Waals surface area contributed by atoms with E-state index in [2.05, 4.69) is 33.0 Å². The van der Waals surface area contributed by atoms with E-state index < -0.39 is 0 Å². The molecule has 1 unspecified atom stereocenters. The molecule has 0 amide bonds. The molecule has 2 aliphatic heterocycles. The summed E-state index contributed by atoms with van der Waals surface area (Å²) in [4.78, 5) is 9.63. The number of nitrogens with zero attached hydrogens (tertiary/aromatic N) is 3. The molecular formula is C22H29N3O. The van der Waals surface area contributed by atoms with Gasteiger partial charge in [0.05, 0.1) is 5.69 Å². The quantitative estimate of drug-likeness (QED) is 0.793. The Morgan fingerprint density at radius 3 is 2.77 bits per heavy atom. The van der Waals surface area contributed by atoms with Crippen LogP contribution in [0.5, 0.6) is 5.75 Å². The van der Waals surface area contributed by atoms with Crippen LogP contribution in [0.15, 0.2) is 48.7 Å². The van der Waals surface area contributed by atoms with Gasteiger partial charge in [0.2, 0.25) is 0 Å². The van der Waals surface area contributed by atoms with E-state index in [1.165, 1.54) is 57.4 Å². The first-order valence-corrected chi connectivity index (χ1v) is 9.95. The van der Waals surface area contributed by atoms with Crippen LogP contribution < -0.4 is 4.74 Å². The van der Waals surface area contributed by atoms with E-state index in [4.69, 9.17) is 4.74 Å². The number of hydrogen-bond donors (Lipinski definition) is 0. The zero-order valence-electron chi connectivity index (χ0n) is 15.5. The molecule has 1 aromatic heterocycles. The highest BCUT2D eigenvalue weighted by molar-refractivity contribution is 5.28. The first kappa shape index (κ1) is 17.5. The minimum Gasteiger partial charge on any atom is -0.487 e. The molecular weight excluding hydrogens is 322 g/mol. The average molecular weight is 351 g/mol. The predicted molar refractivity (Wildman–Crippen MR) is 104 cm³/mol. The molecule has 1 aromatic carbocycles. The summed E-state index contributed by atoms with van der Waals surface area (Å²) >= 11 is 0. The van der Waals surface area contributed by atoms with Gasteiger partial charge in [0, 0.05) is 31.9 Å². The van der Waals surface area contributed by atoms with E-state index in [9.17, 15) is 0 Å². The van der Waals surface area contributed by atoms with Crippen LogP contribution >= 0.6 is 0 Å². The van der Waals surface area contributed by atoms with Gasteiger partial charge in [0.15, 0.2) is 0 Å². The van der Waals surface area contributed by atoms with Crippen molar-refractivity contribution < 1.29 is 4.74 Å².